The monoisotopic (exact) mass is 632 g/mol. The molecule has 5 aromatic rings. The lowest BCUT2D eigenvalue weighted by Gasteiger charge is -2.12. The van der Waals surface area contributed by atoms with E-state index in [1.807, 2.05) is 36.4 Å². The molecule has 188 valence electrons. The van der Waals surface area contributed by atoms with Crippen LogP contribution in [0.25, 0.3) is 22.3 Å². The average molecular weight is 634 g/mol. The number of fused-ring (bicyclic) bond motifs is 1. The summed E-state index contributed by atoms with van der Waals surface area (Å²) in [4.78, 5) is 28.6. The molecule has 0 unspecified atom stereocenters. The first kappa shape index (κ1) is 25.5. The van der Waals surface area contributed by atoms with E-state index in [1.54, 1.807) is 48.7 Å². The summed E-state index contributed by atoms with van der Waals surface area (Å²) in [7, 11) is 0. The van der Waals surface area contributed by atoms with Gasteiger partial charge in [-0.05, 0) is 67.3 Å². The van der Waals surface area contributed by atoms with E-state index < -0.39 is 4.92 Å². The van der Waals surface area contributed by atoms with E-state index in [4.69, 9.17) is 9.72 Å². The summed E-state index contributed by atoms with van der Waals surface area (Å²) in [6.07, 6.45) is 1.57. The summed E-state index contributed by atoms with van der Waals surface area (Å²) >= 11 is 7.06. The fourth-order valence-corrected chi connectivity index (χ4v) is 5.29. The number of aromatic nitrogens is 2. The molecule has 5 rings (SSSR count). The van der Waals surface area contributed by atoms with Gasteiger partial charge in [-0.3, -0.25) is 14.9 Å². The smallest absolute Gasteiger partial charge is 0.282 e. The predicted octanol–water partition coefficient (Wildman–Crippen LogP) is 6.96. The van der Waals surface area contributed by atoms with Gasteiger partial charge in [0, 0.05) is 17.7 Å². The molecule has 1 aromatic heterocycles. The lowest BCUT2D eigenvalue weighted by molar-refractivity contribution is -0.384. The van der Waals surface area contributed by atoms with Gasteiger partial charge in [-0.15, -0.1) is 0 Å². The van der Waals surface area contributed by atoms with Gasteiger partial charge in [0.05, 0.1) is 31.0 Å². The van der Waals surface area contributed by atoms with Crippen molar-refractivity contribution >= 4 is 54.7 Å². The van der Waals surface area contributed by atoms with Crippen LogP contribution in [0.15, 0.2) is 110 Å². The Balaban J connectivity index is 1.46. The first-order valence-corrected chi connectivity index (χ1v) is 13.0. The molecule has 0 atom stereocenters. The number of hydrogen-bond acceptors (Lipinski definition) is 6. The Kier molecular flexibility index (Phi) is 7.43. The molecular formula is C28H18Br2N4O4. The molecule has 10 heteroatoms. The van der Waals surface area contributed by atoms with Crippen LogP contribution in [0.1, 0.15) is 11.1 Å². The largest absolute Gasteiger partial charge is 0.487 e. The van der Waals surface area contributed by atoms with Crippen LogP contribution < -0.4 is 10.3 Å². The normalized spacial score (nSPS) is 11.2. The Morgan fingerprint density at radius 1 is 0.947 bits per heavy atom. The molecule has 0 aliphatic carbocycles. The molecule has 38 heavy (non-hydrogen) atoms. The van der Waals surface area contributed by atoms with Crippen molar-refractivity contribution in [3.63, 3.8) is 0 Å². The number of benzene rings is 4. The van der Waals surface area contributed by atoms with Crippen LogP contribution in [0.5, 0.6) is 5.75 Å². The average Bonchev–Trinajstić information content (AvgIpc) is 2.92. The number of non-ortho nitro benzene ring substituents is 1. The highest BCUT2D eigenvalue weighted by molar-refractivity contribution is 9.11. The first-order valence-electron chi connectivity index (χ1n) is 11.4. The molecule has 0 radical (unpaired) electrons. The van der Waals surface area contributed by atoms with Gasteiger partial charge < -0.3 is 4.74 Å². The van der Waals surface area contributed by atoms with Crippen LogP contribution in [0.2, 0.25) is 0 Å². The Labute approximate surface area is 233 Å². The van der Waals surface area contributed by atoms with Crippen molar-refractivity contribution in [3.8, 4) is 17.1 Å². The maximum absolute atomic E-state index is 13.3. The van der Waals surface area contributed by atoms with Crippen molar-refractivity contribution in [2.45, 2.75) is 6.61 Å². The molecule has 0 N–H and O–H groups in total. The van der Waals surface area contributed by atoms with E-state index in [0.717, 1.165) is 5.56 Å². The Bertz CT molecular complexity index is 1730. The molecule has 0 spiro atoms. The minimum Gasteiger partial charge on any atom is -0.487 e. The molecule has 0 aliphatic rings. The SMILES string of the molecule is O=c1c2ccccc2nc(-c2ccccc2)n1N=Cc1cc(Br)c(OCc2cccc([N+](=O)[O-])c2)c(Br)c1. The zero-order chi connectivity index (χ0) is 26.6. The van der Waals surface area contributed by atoms with Crippen LogP contribution in [-0.4, -0.2) is 20.8 Å². The van der Waals surface area contributed by atoms with Crippen molar-refractivity contribution in [2.24, 2.45) is 5.10 Å². The molecule has 4 aromatic carbocycles. The lowest BCUT2D eigenvalue weighted by atomic mass is 10.2. The zero-order valence-corrected chi connectivity index (χ0v) is 22.8. The Hall–Kier alpha value is -4.15. The van der Waals surface area contributed by atoms with Crippen LogP contribution in [0, 0.1) is 10.1 Å². The molecule has 0 aliphatic heterocycles. The third kappa shape index (κ3) is 5.41. The number of ether oxygens (including phenoxy) is 1. The minimum atomic E-state index is -0.441. The topological polar surface area (TPSA) is 99.6 Å². The van der Waals surface area contributed by atoms with Crippen molar-refractivity contribution in [3.05, 3.63) is 132 Å². The quantitative estimate of drug-likeness (QED) is 0.110. The van der Waals surface area contributed by atoms with Gasteiger partial charge in [-0.1, -0.05) is 54.6 Å². The third-order valence-corrected chi connectivity index (χ3v) is 6.81. The maximum Gasteiger partial charge on any atom is 0.282 e. The number of nitrogens with zero attached hydrogens (tertiary/aromatic N) is 4. The zero-order valence-electron chi connectivity index (χ0n) is 19.6. The molecule has 8 nitrogen and oxygen atoms in total. The summed E-state index contributed by atoms with van der Waals surface area (Å²) < 4.78 is 8.51. The van der Waals surface area contributed by atoms with E-state index in [9.17, 15) is 14.9 Å². The van der Waals surface area contributed by atoms with Gasteiger partial charge in [0.2, 0.25) is 0 Å². The summed E-state index contributed by atoms with van der Waals surface area (Å²) in [5.41, 5.74) is 2.45. The molecule has 0 bridgehead atoms. The second kappa shape index (κ2) is 11.1. The number of nitro groups is 1. The highest BCUT2D eigenvalue weighted by atomic mass is 79.9. The number of para-hydroxylation sites is 1. The second-order valence-corrected chi connectivity index (χ2v) is 9.92. The van der Waals surface area contributed by atoms with E-state index in [0.29, 0.717) is 42.5 Å². The molecular weight excluding hydrogens is 616 g/mol. The van der Waals surface area contributed by atoms with Gasteiger partial charge in [0.15, 0.2) is 5.82 Å². The summed E-state index contributed by atoms with van der Waals surface area (Å²) in [5.74, 6) is 0.962. The van der Waals surface area contributed by atoms with Gasteiger partial charge >= 0.3 is 0 Å². The number of hydrogen-bond donors (Lipinski definition) is 0. The van der Waals surface area contributed by atoms with Crippen molar-refractivity contribution in [1.29, 1.82) is 0 Å². The van der Waals surface area contributed by atoms with E-state index in [1.165, 1.54) is 16.8 Å². The van der Waals surface area contributed by atoms with Gasteiger partial charge in [0.1, 0.15) is 12.4 Å². The number of rotatable bonds is 7. The third-order valence-electron chi connectivity index (χ3n) is 5.63. The second-order valence-electron chi connectivity index (χ2n) is 8.21. The fourth-order valence-electron chi connectivity index (χ4n) is 3.84. The molecule has 1 heterocycles. The number of nitro benzene ring substituents is 1. The lowest BCUT2D eigenvalue weighted by Crippen LogP contribution is -2.20. The van der Waals surface area contributed by atoms with E-state index in [-0.39, 0.29) is 17.9 Å². The van der Waals surface area contributed by atoms with Gasteiger partial charge in [-0.25, -0.2) is 4.98 Å². The standard InChI is InChI=1S/C28H18Br2N4O4/c29-23-14-19(15-24(30)26(23)38-17-18-7-6-10-21(13-18)34(36)37)16-31-33-27(20-8-2-1-3-9-20)32-25-12-5-4-11-22(25)28(33)35/h1-16H,17H2. The number of halogens is 2. The fraction of sp³-hybridized carbons (Fsp3) is 0.0357. The van der Waals surface area contributed by atoms with Crippen molar-refractivity contribution < 1.29 is 9.66 Å². The first-order chi connectivity index (χ1) is 18.4. The van der Waals surface area contributed by atoms with E-state index in [2.05, 4.69) is 37.0 Å². The predicted molar refractivity (Wildman–Crippen MR) is 154 cm³/mol. The molecule has 0 amide bonds. The van der Waals surface area contributed by atoms with Gasteiger partial charge in [-0.2, -0.15) is 9.78 Å². The Morgan fingerprint density at radius 3 is 2.39 bits per heavy atom. The Morgan fingerprint density at radius 2 is 1.66 bits per heavy atom. The summed E-state index contributed by atoms with van der Waals surface area (Å²) in [6.45, 7) is 0.144. The van der Waals surface area contributed by atoms with E-state index >= 15 is 0 Å². The summed E-state index contributed by atoms with van der Waals surface area (Å²) in [5, 5.41) is 16.0. The molecule has 0 saturated carbocycles. The van der Waals surface area contributed by atoms with Crippen LogP contribution in [0.3, 0.4) is 0 Å². The highest BCUT2D eigenvalue weighted by Crippen LogP contribution is 2.35. The van der Waals surface area contributed by atoms with Crippen LogP contribution >= 0.6 is 31.9 Å². The minimum absolute atomic E-state index is 0.00378. The van der Waals surface area contributed by atoms with Crippen molar-refractivity contribution in [2.75, 3.05) is 0 Å². The molecule has 0 saturated heterocycles. The van der Waals surface area contributed by atoms with Crippen LogP contribution in [-0.2, 0) is 6.61 Å². The van der Waals surface area contributed by atoms with Gasteiger partial charge in [0.25, 0.3) is 11.2 Å². The summed E-state index contributed by atoms with van der Waals surface area (Å²) in [6, 6.07) is 26.5. The van der Waals surface area contributed by atoms with Crippen LogP contribution in [0.4, 0.5) is 5.69 Å². The maximum atomic E-state index is 13.3. The molecule has 0 fully saturated rings. The van der Waals surface area contributed by atoms with Crippen molar-refractivity contribution in [1.82, 2.24) is 9.66 Å². The highest BCUT2D eigenvalue weighted by Gasteiger charge is 2.14.